The molecule has 2 N–H and O–H groups in total. The molecule has 40 valence electrons. The molecule has 0 spiro atoms. The first kappa shape index (κ1) is 10.6. The number of hydrogen-bond acceptors (Lipinski definition) is 0. The zero-order valence-electron chi connectivity index (χ0n) is 3.13. The SMILES string of the molecule is O.[CH3][Sn]([Cl])([Cl])[Cl]. The minimum absolute atomic E-state index is 0. The molecule has 0 aromatic rings. The fourth-order valence-electron chi connectivity index (χ4n) is 0. The Bertz CT molecular complexity index is 26.3. The van der Waals surface area contributed by atoms with E-state index in [2.05, 4.69) is 0 Å². The summed E-state index contributed by atoms with van der Waals surface area (Å²) in [5.41, 5.74) is 0. The van der Waals surface area contributed by atoms with Crippen molar-refractivity contribution in [3.8, 4) is 0 Å². The van der Waals surface area contributed by atoms with Crippen LogP contribution in [0.1, 0.15) is 0 Å². The maximum absolute atomic E-state index is 5.27. The van der Waals surface area contributed by atoms with Crippen LogP contribution in [0.25, 0.3) is 0 Å². The van der Waals surface area contributed by atoms with Crippen molar-refractivity contribution < 1.29 is 5.48 Å². The van der Waals surface area contributed by atoms with Gasteiger partial charge in [-0.3, -0.25) is 0 Å². The molecule has 0 aliphatic carbocycles. The van der Waals surface area contributed by atoms with Crippen molar-refractivity contribution in [3.05, 3.63) is 0 Å². The summed E-state index contributed by atoms with van der Waals surface area (Å²) in [5.74, 6) is 0. The molecule has 0 amide bonds. The summed E-state index contributed by atoms with van der Waals surface area (Å²) in [7, 11) is 15.8. The van der Waals surface area contributed by atoms with E-state index in [0.29, 0.717) is 0 Å². The van der Waals surface area contributed by atoms with Crippen LogP contribution >= 0.6 is 26.8 Å². The van der Waals surface area contributed by atoms with Crippen LogP contribution in [-0.4, -0.2) is 20.5 Å². The third-order valence-corrected chi connectivity index (χ3v) is 0. The minimum atomic E-state index is -2.76. The van der Waals surface area contributed by atoms with Crippen LogP contribution in [0.15, 0.2) is 0 Å². The second-order valence-corrected chi connectivity index (χ2v) is 24.3. The number of rotatable bonds is 0. The number of hydrogen-bond donors (Lipinski definition) is 0. The van der Waals surface area contributed by atoms with Crippen molar-refractivity contribution in [2.45, 2.75) is 4.94 Å². The van der Waals surface area contributed by atoms with E-state index < -0.39 is 15.0 Å². The zero-order valence-corrected chi connectivity index (χ0v) is 8.26. The van der Waals surface area contributed by atoms with Gasteiger partial charge in [0.25, 0.3) is 0 Å². The molecule has 0 unspecified atom stereocenters. The summed E-state index contributed by atoms with van der Waals surface area (Å²) in [6, 6.07) is 0. The summed E-state index contributed by atoms with van der Waals surface area (Å²) in [6.07, 6.45) is 0. The van der Waals surface area contributed by atoms with E-state index in [1.165, 1.54) is 0 Å². The summed E-state index contributed by atoms with van der Waals surface area (Å²) < 4.78 is 0. The molecule has 0 aromatic carbocycles. The molecule has 0 atom stereocenters. The van der Waals surface area contributed by atoms with Crippen molar-refractivity contribution in [1.29, 1.82) is 0 Å². The van der Waals surface area contributed by atoms with E-state index in [-0.39, 0.29) is 5.48 Å². The van der Waals surface area contributed by atoms with Gasteiger partial charge in [0.15, 0.2) is 0 Å². The first-order valence-electron chi connectivity index (χ1n) is 1.07. The molecular weight excluding hydrogens is 253 g/mol. The van der Waals surface area contributed by atoms with Crippen LogP contribution in [-0.2, 0) is 0 Å². The van der Waals surface area contributed by atoms with Crippen molar-refractivity contribution in [2.24, 2.45) is 0 Å². The predicted octanol–water partition coefficient (Wildman–Crippen LogP) is 1.45. The van der Waals surface area contributed by atoms with Crippen molar-refractivity contribution in [3.63, 3.8) is 0 Å². The summed E-state index contributed by atoms with van der Waals surface area (Å²) in [6.45, 7) is 0. The fourth-order valence-corrected chi connectivity index (χ4v) is 0. The van der Waals surface area contributed by atoms with E-state index in [1.54, 1.807) is 4.94 Å². The van der Waals surface area contributed by atoms with Gasteiger partial charge in [-0.25, -0.2) is 0 Å². The van der Waals surface area contributed by atoms with E-state index in [9.17, 15) is 0 Å². The average molecular weight is 258 g/mol. The van der Waals surface area contributed by atoms with Gasteiger partial charge >= 0.3 is 46.7 Å². The molecule has 0 radical (unpaired) electrons. The van der Waals surface area contributed by atoms with E-state index >= 15 is 0 Å². The first-order valence-corrected chi connectivity index (χ1v) is 14.8. The van der Waals surface area contributed by atoms with Crippen LogP contribution in [0.5, 0.6) is 0 Å². The third kappa shape index (κ3) is 45.5. The van der Waals surface area contributed by atoms with E-state index in [0.717, 1.165) is 0 Å². The normalized spacial score (nSPS) is 10.0. The molecule has 1 nitrogen and oxygen atoms in total. The third-order valence-electron chi connectivity index (χ3n) is 0. The Morgan fingerprint density at radius 1 is 1.17 bits per heavy atom. The molecule has 0 aromatic heterocycles. The molecule has 0 fully saturated rings. The van der Waals surface area contributed by atoms with Gasteiger partial charge in [-0.05, 0) is 0 Å². The molecule has 0 saturated carbocycles. The van der Waals surface area contributed by atoms with Crippen LogP contribution in [0.3, 0.4) is 0 Å². The van der Waals surface area contributed by atoms with Gasteiger partial charge in [0.05, 0.1) is 0 Å². The second kappa shape index (κ2) is 3.61. The molecule has 0 bridgehead atoms. The molecule has 0 rings (SSSR count). The predicted molar refractivity (Wildman–Crippen MR) is 32.8 cm³/mol. The standard InChI is InChI=1S/CH3.3ClH.H2O.Sn/h1H3;3*1H;1H2;/q;;;;;+3/p-3. The second-order valence-electron chi connectivity index (χ2n) is 0.781. The van der Waals surface area contributed by atoms with Gasteiger partial charge in [0.2, 0.25) is 0 Å². The summed E-state index contributed by atoms with van der Waals surface area (Å²) >= 11 is -2.76. The topological polar surface area (TPSA) is 31.5 Å². The van der Waals surface area contributed by atoms with Crippen molar-refractivity contribution in [1.82, 2.24) is 0 Å². The van der Waals surface area contributed by atoms with Gasteiger partial charge in [0.1, 0.15) is 0 Å². The van der Waals surface area contributed by atoms with Gasteiger partial charge in [0, 0.05) is 0 Å². The van der Waals surface area contributed by atoms with Gasteiger partial charge in [-0.2, -0.15) is 0 Å². The Hall–Kier alpha value is 1.63. The van der Waals surface area contributed by atoms with Crippen molar-refractivity contribution in [2.75, 3.05) is 0 Å². The molecule has 5 heteroatoms. The molecule has 0 aliphatic heterocycles. The van der Waals surface area contributed by atoms with E-state index in [4.69, 9.17) is 26.8 Å². The monoisotopic (exact) mass is 258 g/mol. The molecule has 0 heterocycles. The van der Waals surface area contributed by atoms with Crippen LogP contribution in [0.4, 0.5) is 0 Å². The Labute approximate surface area is 51.9 Å². The van der Waals surface area contributed by atoms with E-state index in [1.807, 2.05) is 0 Å². The Morgan fingerprint density at radius 2 is 1.17 bits per heavy atom. The van der Waals surface area contributed by atoms with Crippen molar-refractivity contribution >= 4 is 41.8 Å². The molecule has 0 aliphatic rings. The summed E-state index contributed by atoms with van der Waals surface area (Å²) in [4.78, 5) is 1.69. The molecule has 0 saturated heterocycles. The van der Waals surface area contributed by atoms with Gasteiger partial charge in [-0.1, -0.05) is 0 Å². The fraction of sp³-hybridized carbons (Fsp3) is 1.00. The molecule has 6 heavy (non-hydrogen) atoms. The molecular formula is CH5Cl3OSn. The number of halogens is 3. The van der Waals surface area contributed by atoms with Crippen LogP contribution in [0.2, 0.25) is 4.94 Å². The van der Waals surface area contributed by atoms with Gasteiger partial charge < -0.3 is 5.48 Å². The average Bonchev–Trinajstić information content (AvgIpc) is 0.722. The Balaban J connectivity index is 0. The first-order chi connectivity index (χ1) is 2.00. The Morgan fingerprint density at radius 3 is 1.17 bits per heavy atom. The Kier molecular flexibility index (Phi) is 6.36. The van der Waals surface area contributed by atoms with Crippen LogP contribution in [0, 0.1) is 0 Å². The van der Waals surface area contributed by atoms with Crippen LogP contribution < -0.4 is 0 Å². The zero-order chi connectivity index (χ0) is 4.50. The summed E-state index contributed by atoms with van der Waals surface area (Å²) in [5, 5.41) is 0. The quantitative estimate of drug-likeness (QED) is 0.589. The van der Waals surface area contributed by atoms with Gasteiger partial charge in [-0.15, -0.1) is 0 Å². The maximum atomic E-state index is 5.27.